The van der Waals surface area contributed by atoms with Gasteiger partial charge in [-0.1, -0.05) is 30.3 Å². The van der Waals surface area contributed by atoms with E-state index in [9.17, 15) is 29.4 Å². The van der Waals surface area contributed by atoms with Crippen LogP contribution in [0.3, 0.4) is 0 Å². The Kier molecular flexibility index (Phi) is 11.1. The lowest BCUT2D eigenvalue weighted by atomic mass is 10.1. The zero-order chi connectivity index (χ0) is 40.1. The second-order valence-electron chi connectivity index (χ2n) is 12.9. The molecule has 5 heterocycles. The Balaban J connectivity index is 0.876. The van der Waals surface area contributed by atoms with Crippen molar-refractivity contribution in [3.63, 3.8) is 0 Å². The number of nitrogen functional groups attached to an aromatic ring is 2. The van der Waals surface area contributed by atoms with Crippen LogP contribution in [-0.4, -0.2) is 92.4 Å². The van der Waals surface area contributed by atoms with Gasteiger partial charge in [-0.05, 0) is 36.2 Å². The fraction of sp³-hybridized carbons (Fsp3) is 0.278. The molecule has 1 amide bonds. The molecule has 6 aromatic rings. The highest BCUT2D eigenvalue weighted by atomic mass is 16.6. The summed E-state index contributed by atoms with van der Waals surface area (Å²) >= 11 is 0. The van der Waals surface area contributed by atoms with Crippen LogP contribution in [0.15, 0.2) is 71.9 Å². The van der Waals surface area contributed by atoms with Gasteiger partial charge < -0.3 is 46.5 Å². The second kappa shape index (κ2) is 16.6. The van der Waals surface area contributed by atoms with Gasteiger partial charge in [-0.3, -0.25) is 23.9 Å². The number of anilines is 3. The summed E-state index contributed by atoms with van der Waals surface area (Å²) < 4.78 is 18.8. The SMILES string of the molecule is Nc1nc(OCc2ccccc2)c2ncn([C@H]3CC(O)[C@H](COC(=O)CC[C@H](NC(=O)c4ccc(NCc5cnc6nc(N)[nH]c(=O)c6n5)cc4)C(=O)O)O3)c2n1. The first-order chi connectivity index (χ1) is 27.5. The van der Waals surface area contributed by atoms with Crippen LogP contribution in [0.4, 0.5) is 17.6 Å². The number of aromatic amines is 1. The van der Waals surface area contributed by atoms with Crippen molar-refractivity contribution in [1.82, 2.24) is 44.8 Å². The molecule has 1 aliphatic heterocycles. The predicted octanol–water partition coefficient (Wildman–Crippen LogP) is 1.06. The molecule has 294 valence electrons. The summed E-state index contributed by atoms with van der Waals surface area (Å²) in [4.78, 5) is 77.2. The average Bonchev–Trinajstić information content (AvgIpc) is 3.80. The van der Waals surface area contributed by atoms with E-state index in [1.807, 2.05) is 30.3 Å². The van der Waals surface area contributed by atoms with Gasteiger partial charge in [0.1, 0.15) is 31.6 Å². The van der Waals surface area contributed by atoms with Gasteiger partial charge in [0.05, 0.1) is 30.9 Å². The number of carboxylic acid groups (broad SMARTS) is 1. The number of aromatic nitrogens is 8. The predicted molar refractivity (Wildman–Crippen MR) is 200 cm³/mol. The number of nitrogens with two attached hydrogens (primary N) is 2. The van der Waals surface area contributed by atoms with E-state index in [0.717, 1.165) is 5.56 Å². The van der Waals surface area contributed by atoms with Crippen molar-refractivity contribution >= 4 is 57.8 Å². The number of fused-ring (bicyclic) bond motifs is 2. The number of aliphatic carboxylic acids is 1. The number of H-pyrrole nitrogens is 1. The summed E-state index contributed by atoms with van der Waals surface area (Å²) in [7, 11) is 0. The van der Waals surface area contributed by atoms with Crippen LogP contribution in [0.1, 0.15) is 47.1 Å². The highest BCUT2D eigenvalue weighted by Crippen LogP contribution is 2.33. The van der Waals surface area contributed by atoms with E-state index in [2.05, 4.69) is 45.5 Å². The zero-order valence-electron chi connectivity index (χ0n) is 29.9. The van der Waals surface area contributed by atoms with Crippen molar-refractivity contribution in [3.05, 3.63) is 94.3 Å². The van der Waals surface area contributed by atoms with Crippen LogP contribution < -0.4 is 32.4 Å². The summed E-state index contributed by atoms with van der Waals surface area (Å²) in [6, 6.07) is 14.3. The van der Waals surface area contributed by atoms with E-state index in [-0.39, 0.29) is 73.5 Å². The summed E-state index contributed by atoms with van der Waals surface area (Å²) in [6.45, 7) is 0.111. The number of aliphatic hydroxyl groups is 1. The fourth-order valence-corrected chi connectivity index (χ4v) is 5.98. The number of nitrogens with one attached hydrogen (secondary N) is 3. The minimum Gasteiger partial charge on any atom is -0.480 e. The summed E-state index contributed by atoms with van der Waals surface area (Å²) in [5.74, 6) is -2.70. The second-order valence-corrected chi connectivity index (χ2v) is 12.9. The molecule has 1 saturated heterocycles. The molecule has 0 aliphatic carbocycles. The van der Waals surface area contributed by atoms with Crippen molar-refractivity contribution < 1.29 is 38.8 Å². The Labute approximate surface area is 321 Å². The molecule has 0 radical (unpaired) electrons. The van der Waals surface area contributed by atoms with Crippen LogP contribution >= 0.6 is 0 Å². The summed E-state index contributed by atoms with van der Waals surface area (Å²) in [6.07, 6.45) is -0.213. The first kappa shape index (κ1) is 38.0. The van der Waals surface area contributed by atoms with Crippen LogP contribution in [-0.2, 0) is 32.2 Å². The molecule has 1 fully saturated rings. The number of hydrogen-bond acceptors (Lipinski definition) is 17. The molecule has 21 heteroatoms. The number of carboxylic acids is 1. The molecule has 4 atom stereocenters. The molecule has 7 rings (SSSR count). The number of nitrogens with zero attached hydrogens (tertiary/aromatic N) is 7. The molecule has 0 bridgehead atoms. The van der Waals surface area contributed by atoms with Crippen LogP contribution in [0.5, 0.6) is 5.88 Å². The molecule has 0 saturated carbocycles. The maximum atomic E-state index is 12.9. The number of ether oxygens (including phenoxy) is 3. The number of aliphatic hydroxyl groups excluding tert-OH is 1. The van der Waals surface area contributed by atoms with Gasteiger partial charge in [0.15, 0.2) is 22.3 Å². The van der Waals surface area contributed by atoms with E-state index in [4.69, 9.17) is 25.7 Å². The van der Waals surface area contributed by atoms with Gasteiger partial charge in [-0.15, -0.1) is 0 Å². The van der Waals surface area contributed by atoms with Gasteiger partial charge in [0.2, 0.25) is 17.8 Å². The Morgan fingerprint density at radius 1 is 1.02 bits per heavy atom. The summed E-state index contributed by atoms with van der Waals surface area (Å²) in [5.41, 5.74) is 13.9. The molecule has 9 N–H and O–H groups in total. The minimum absolute atomic E-state index is 0.0374. The smallest absolute Gasteiger partial charge is 0.326 e. The van der Waals surface area contributed by atoms with Gasteiger partial charge in [0, 0.05) is 24.1 Å². The number of hydrogen-bond donors (Lipinski definition) is 7. The maximum absolute atomic E-state index is 12.9. The third kappa shape index (κ3) is 9.01. The molecule has 21 nitrogen and oxygen atoms in total. The van der Waals surface area contributed by atoms with E-state index in [1.54, 1.807) is 16.7 Å². The van der Waals surface area contributed by atoms with E-state index >= 15 is 0 Å². The lowest BCUT2D eigenvalue weighted by Crippen LogP contribution is -2.41. The molecular weight excluding hydrogens is 744 g/mol. The molecule has 1 unspecified atom stereocenters. The molecular formula is C36H36N12O9. The number of carbonyl (C=O) groups excluding carboxylic acids is 2. The Morgan fingerprint density at radius 2 is 1.81 bits per heavy atom. The molecule has 1 aliphatic rings. The fourth-order valence-electron chi connectivity index (χ4n) is 5.98. The van der Waals surface area contributed by atoms with E-state index in [0.29, 0.717) is 22.5 Å². The number of rotatable bonds is 15. The van der Waals surface area contributed by atoms with E-state index in [1.165, 1.54) is 24.7 Å². The maximum Gasteiger partial charge on any atom is 0.326 e. The van der Waals surface area contributed by atoms with Crippen molar-refractivity contribution in [2.75, 3.05) is 23.4 Å². The van der Waals surface area contributed by atoms with Gasteiger partial charge >= 0.3 is 11.9 Å². The highest BCUT2D eigenvalue weighted by molar-refractivity contribution is 5.97. The average molecular weight is 781 g/mol. The third-order valence-corrected chi connectivity index (χ3v) is 8.90. The number of esters is 1. The van der Waals surface area contributed by atoms with Crippen LogP contribution in [0, 0.1) is 0 Å². The monoisotopic (exact) mass is 780 g/mol. The lowest BCUT2D eigenvalue weighted by molar-refractivity contribution is -0.150. The van der Waals surface area contributed by atoms with Crippen molar-refractivity contribution in [2.24, 2.45) is 0 Å². The normalized spacial score (nSPS) is 17.0. The van der Waals surface area contributed by atoms with Gasteiger partial charge in [-0.25, -0.2) is 19.7 Å². The topological polar surface area (TPSA) is 311 Å². The first-order valence-electron chi connectivity index (χ1n) is 17.6. The van der Waals surface area contributed by atoms with Crippen molar-refractivity contribution in [3.8, 4) is 5.88 Å². The Hall–Kier alpha value is -7.26. The molecule has 2 aromatic carbocycles. The highest BCUT2D eigenvalue weighted by Gasteiger charge is 2.37. The Bertz CT molecular complexity index is 2480. The largest absolute Gasteiger partial charge is 0.480 e. The van der Waals surface area contributed by atoms with Crippen molar-refractivity contribution in [2.45, 2.75) is 56.9 Å². The van der Waals surface area contributed by atoms with E-state index < -0.39 is 47.9 Å². The Morgan fingerprint density at radius 3 is 2.58 bits per heavy atom. The first-order valence-corrected chi connectivity index (χ1v) is 17.6. The van der Waals surface area contributed by atoms with Crippen LogP contribution in [0.25, 0.3) is 22.3 Å². The number of carbonyl (C=O) groups is 3. The minimum atomic E-state index is -1.40. The number of amides is 1. The zero-order valence-corrected chi connectivity index (χ0v) is 29.9. The third-order valence-electron chi connectivity index (χ3n) is 8.90. The van der Waals surface area contributed by atoms with Gasteiger partial charge in [-0.2, -0.15) is 15.0 Å². The lowest BCUT2D eigenvalue weighted by Gasteiger charge is -2.17. The number of benzene rings is 2. The van der Waals surface area contributed by atoms with Crippen LogP contribution in [0.2, 0.25) is 0 Å². The molecule has 4 aromatic heterocycles. The molecule has 0 spiro atoms. The quantitative estimate of drug-likeness (QED) is 0.0717. The van der Waals surface area contributed by atoms with Crippen molar-refractivity contribution in [1.29, 1.82) is 0 Å². The summed E-state index contributed by atoms with van der Waals surface area (Å²) in [5, 5.41) is 26.0. The number of imidazole rings is 1. The van der Waals surface area contributed by atoms with Gasteiger partial charge in [0.25, 0.3) is 11.5 Å². The standard InChI is InChI=1S/C36H36N12O9/c37-35-44-29-27(32(52)46-35)42-21(14-40-29)13-39-20-8-6-19(7-9-20)31(51)43-22(34(53)54)10-11-26(50)55-16-24-23(49)12-25(57-24)48-17-41-28-30(48)45-36(38)47-33(28)56-15-18-4-2-1-3-5-18/h1-9,14,17,22-25,39,49H,10-13,15-16H2,(H,43,51)(H,53,54)(H2,38,45,47)(H3,37,40,44,46,52)/t22-,23?,24-,25+/m0/s1. The molecule has 57 heavy (non-hydrogen) atoms.